The van der Waals surface area contributed by atoms with Crippen LogP contribution in [0.25, 0.3) is 0 Å². The fourth-order valence-electron chi connectivity index (χ4n) is 6.38. The van der Waals surface area contributed by atoms with E-state index in [-0.39, 0.29) is 24.6 Å². The van der Waals surface area contributed by atoms with Crippen molar-refractivity contribution in [1.82, 2.24) is 0 Å². The Kier molecular flexibility index (Phi) is 19.5. The van der Waals surface area contributed by atoms with Gasteiger partial charge in [-0.05, 0) is 49.9 Å². The highest BCUT2D eigenvalue weighted by Gasteiger charge is 2.56. The molecule has 0 unspecified atom stereocenters. The molecule has 0 spiro atoms. The highest BCUT2D eigenvalue weighted by Crippen LogP contribution is 2.33. The van der Waals surface area contributed by atoms with Crippen LogP contribution in [0.4, 0.5) is 11.4 Å². The monoisotopic (exact) mass is 862 g/mol. The number of carbonyl (C=O) groups excluding carboxylic acids is 8. The summed E-state index contributed by atoms with van der Waals surface area (Å²) >= 11 is 0. The molecule has 2 aliphatic rings. The van der Waals surface area contributed by atoms with Crippen LogP contribution >= 0.6 is 0 Å². The van der Waals surface area contributed by atoms with E-state index in [2.05, 4.69) is 18.5 Å². The minimum absolute atomic E-state index is 0.0651. The summed E-state index contributed by atoms with van der Waals surface area (Å²) in [4.78, 5) is 103. The van der Waals surface area contributed by atoms with Crippen molar-refractivity contribution in [3.8, 4) is 0 Å². The number of rotatable bonds is 20. The molecule has 1 aromatic rings. The molecule has 61 heavy (non-hydrogen) atoms. The van der Waals surface area contributed by atoms with Gasteiger partial charge in [-0.25, -0.2) is 0 Å². The molecule has 0 aliphatic carbocycles. The van der Waals surface area contributed by atoms with Gasteiger partial charge in [-0.1, -0.05) is 12.2 Å². The number of anilines is 2. The third-order valence-electron chi connectivity index (χ3n) is 8.83. The van der Waals surface area contributed by atoms with E-state index in [1.165, 1.54) is 31.3 Å². The summed E-state index contributed by atoms with van der Waals surface area (Å²) in [6.45, 7) is 14.0. The maximum absolute atomic E-state index is 14.2. The molecule has 20 nitrogen and oxygen atoms in total. The van der Waals surface area contributed by atoms with E-state index in [1.54, 1.807) is 12.2 Å². The van der Waals surface area contributed by atoms with Crippen LogP contribution in [0.3, 0.4) is 0 Å². The molecule has 20 heteroatoms. The Bertz CT molecular complexity index is 1750. The quantitative estimate of drug-likeness (QED) is 0.0857. The fourth-order valence-corrected chi connectivity index (χ4v) is 6.38. The molecule has 336 valence electrons. The zero-order valence-electron chi connectivity index (χ0n) is 35.2. The normalized spacial score (nSPS) is 25.7. The Morgan fingerprint density at radius 1 is 0.574 bits per heavy atom. The second-order valence-corrected chi connectivity index (χ2v) is 13.8. The number of hydrogen-bond acceptors (Lipinski definition) is 18. The van der Waals surface area contributed by atoms with Crippen LogP contribution in [0.5, 0.6) is 0 Å². The van der Waals surface area contributed by atoms with Crippen molar-refractivity contribution in [3.05, 3.63) is 49.6 Å². The number of ether oxygens (including phenoxy) is 10. The largest absolute Gasteiger partial charge is 0.455 e. The summed E-state index contributed by atoms with van der Waals surface area (Å²) < 4.78 is 56.3. The van der Waals surface area contributed by atoms with Gasteiger partial charge < -0.3 is 57.6 Å². The van der Waals surface area contributed by atoms with Crippen LogP contribution in [0, 0.1) is 0 Å². The van der Waals surface area contributed by atoms with Gasteiger partial charge in [0.25, 0.3) is 11.8 Å². The van der Waals surface area contributed by atoms with Crippen LogP contribution in [0.1, 0.15) is 67.2 Å². The maximum atomic E-state index is 14.2. The van der Waals surface area contributed by atoms with E-state index in [0.717, 1.165) is 46.4 Å². The number of esters is 6. The first-order valence-corrected chi connectivity index (χ1v) is 19.4. The molecule has 0 radical (unpaired) electrons. The lowest BCUT2D eigenvalue weighted by atomic mass is 9.96. The zero-order chi connectivity index (χ0) is 45.4. The average molecular weight is 863 g/mol. The van der Waals surface area contributed by atoms with Gasteiger partial charge in [0.1, 0.15) is 0 Å². The SMILES string of the molecule is C=CCCCO[C@H]1O[C@H](C(=O)Nc2ccc(N(C)C(=O)[C@H]3O[C@H](OCCCC=C)[C@H](OC(C)=O)[C@@H](OC(C)=O)[C@@H]3OC(C)=O)cc2)[C@@H](OC(C)=O)[C@H](OC(C)=O)[C@H]1OC(C)=O. The van der Waals surface area contributed by atoms with E-state index >= 15 is 0 Å². The number of nitrogens with one attached hydrogen (secondary N) is 1. The van der Waals surface area contributed by atoms with Crippen molar-refractivity contribution in [2.75, 3.05) is 30.5 Å². The third-order valence-corrected chi connectivity index (χ3v) is 8.83. The molecule has 1 aromatic carbocycles. The van der Waals surface area contributed by atoms with Crippen LogP contribution < -0.4 is 10.2 Å². The Morgan fingerprint density at radius 3 is 1.33 bits per heavy atom. The van der Waals surface area contributed by atoms with Crippen LogP contribution in [0.2, 0.25) is 0 Å². The second kappa shape index (κ2) is 23.9. The van der Waals surface area contributed by atoms with Crippen molar-refractivity contribution >= 4 is 59.0 Å². The summed E-state index contributed by atoms with van der Waals surface area (Å²) in [5.41, 5.74) is 0.398. The lowest BCUT2D eigenvalue weighted by molar-refractivity contribution is -0.297. The Hall–Kier alpha value is -5.70. The van der Waals surface area contributed by atoms with Gasteiger partial charge >= 0.3 is 35.8 Å². The van der Waals surface area contributed by atoms with E-state index in [9.17, 15) is 38.4 Å². The lowest BCUT2D eigenvalue weighted by Crippen LogP contribution is -2.65. The van der Waals surface area contributed by atoms with Gasteiger partial charge in [-0.3, -0.25) is 38.4 Å². The minimum Gasteiger partial charge on any atom is -0.455 e. The number of hydrogen-bond donors (Lipinski definition) is 1. The number of nitrogens with zero attached hydrogens (tertiary/aromatic N) is 1. The number of likely N-dealkylation sites (N-methyl/N-ethyl adjacent to an activating group) is 1. The molecule has 10 atom stereocenters. The van der Waals surface area contributed by atoms with E-state index in [1.807, 2.05) is 0 Å². The summed E-state index contributed by atoms with van der Waals surface area (Å²) in [7, 11) is 1.38. The molecule has 1 N–H and O–H groups in total. The first-order chi connectivity index (χ1) is 28.9. The molecule has 0 aromatic heterocycles. The topological polar surface area (TPSA) is 244 Å². The summed E-state index contributed by atoms with van der Waals surface area (Å²) in [5.74, 6) is -6.65. The van der Waals surface area contributed by atoms with Crippen molar-refractivity contribution < 1.29 is 85.7 Å². The molecule has 0 saturated carbocycles. The first-order valence-electron chi connectivity index (χ1n) is 19.4. The molecule has 2 aliphatic heterocycles. The van der Waals surface area contributed by atoms with E-state index in [0.29, 0.717) is 25.7 Å². The van der Waals surface area contributed by atoms with Gasteiger partial charge in [0, 0.05) is 60.0 Å². The van der Waals surface area contributed by atoms with Gasteiger partial charge in [0.15, 0.2) is 61.4 Å². The van der Waals surface area contributed by atoms with Gasteiger partial charge in [-0.15, -0.1) is 13.2 Å². The van der Waals surface area contributed by atoms with Crippen molar-refractivity contribution in [2.45, 2.75) is 129 Å². The second-order valence-electron chi connectivity index (χ2n) is 13.8. The molecule has 2 heterocycles. The van der Waals surface area contributed by atoms with E-state index in [4.69, 9.17) is 47.4 Å². The highest BCUT2D eigenvalue weighted by atomic mass is 16.7. The number of benzene rings is 1. The predicted molar refractivity (Wildman–Crippen MR) is 210 cm³/mol. The average Bonchev–Trinajstić information content (AvgIpc) is 3.17. The molecule has 3 rings (SSSR count). The molecular formula is C41H54N2O18. The van der Waals surface area contributed by atoms with Crippen molar-refractivity contribution in [2.24, 2.45) is 0 Å². The molecule has 0 bridgehead atoms. The van der Waals surface area contributed by atoms with E-state index < -0.39 is 109 Å². The highest BCUT2D eigenvalue weighted by molar-refractivity contribution is 5.98. The van der Waals surface area contributed by atoms with Gasteiger partial charge in [-0.2, -0.15) is 0 Å². The Labute approximate surface area is 353 Å². The Balaban J connectivity index is 1.93. The van der Waals surface area contributed by atoms with Gasteiger partial charge in [0.2, 0.25) is 0 Å². The number of carbonyl (C=O) groups is 8. The fraction of sp³-hybridized carbons (Fsp3) is 0.561. The standard InChI is InChI=1S/C41H54N2O18/c1-10-12-14-20-52-40-36(58-26(7)48)32(56-24(5)46)30(54-22(3)44)34(60-40)38(50)42-28-16-18-29(19-17-28)43(9)39(51)35-31(55-23(4)45)33(57-25(6)47)37(59-27(8)49)41(61-35)53-21-15-13-11-2/h10-11,16-19,30-37,40-41H,1-2,12-15,20-21H2,3-9H3,(H,42,50)/t30-,31-,32-,33-,34-,35-,36+,37+,40-,41-/m0/s1. The predicted octanol–water partition coefficient (Wildman–Crippen LogP) is 2.59. The van der Waals surface area contributed by atoms with Crippen molar-refractivity contribution in [1.29, 1.82) is 0 Å². The third kappa shape index (κ3) is 14.8. The van der Waals surface area contributed by atoms with Gasteiger partial charge in [0.05, 0.1) is 13.2 Å². The maximum Gasteiger partial charge on any atom is 0.303 e. The number of amides is 2. The zero-order valence-corrected chi connectivity index (χ0v) is 35.2. The lowest BCUT2D eigenvalue weighted by Gasteiger charge is -2.44. The van der Waals surface area contributed by atoms with Crippen LogP contribution in [-0.4, -0.2) is 129 Å². The van der Waals surface area contributed by atoms with Crippen molar-refractivity contribution in [3.63, 3.8) is 0 Å². The molecular weight excluding hydrogens is 808 g/mol. The number of unbranched alkanes of at least 4 members (excludes halogenated alkanes) is 2. The Morgan fingerprint density at radius 2 is 0.934 bits per heavy atom. The smallest absolute Gasteiger partial charge is 0.303 e. The summed E-state index contributed by atoms with van der Waals surface area (Å²) in [6.07, 6.45) is -9.92. The number of allylic oxidation sites excluding steroid dienone is 2. The summed E-state index contributed by atoms with van der Waals surface area (Å²) in [5, 5.41) is 2.64. The summed E-state index contributed by atoms with van der Waals surface area (Å²) in [6, 6.07) is 5.73. The molecule has 2 fully saturated rings. The van der Waals surface area contributed by atoms with Crippen LogP contribution in [-0.2, 0) is 85.7 Å². The van der Waals surface area contributed by atoms with Crippen LogP contribution in [0.15, 0.2) is 49.6 Å². The minimum atomic E-state index is -1.66. The first kappa shape index (κ1) is 49.7. The molecule has 2 saturated heterocycles. The molecule has 2 amide bonds.